The second-order valence-corrected chi connectivity index (χ2v) is 6.60. The van der Waals surface area contributed by atoms with Crippen molar-refractivity contribution in [3.05, 3.63) is 78.4 Å². The number of carbonyl (C=O) groups is 1. The van der Waals surface area contributed by atoms with Crippen molar-refractivity contribution in [3.8, 4) is 0 Å². The summed E-state index contributed by atoms with van der Waals surface area (Å²) in [5, 5.41) is 5.27. The Hall–Kier alpha value is -2.53. The second-order valence-electron chi connectivity index (χ2n) is 5.40. The number of hydrazone groups is 1. The van der Waals surface area contributed by atoms with Gasteiger partial charge in [0.15, 0.2) is 0 Å². The van der Waals surface area contributed by atoms with Crippen LogP contribution in [0.2, 0.25) is 0 Å². The van der Waals surface area contributed by atoms with E-state index in [9.17, 15) is 4.79 Å². The van der Waals surface area contributed by atoms with E-state index in [1.165, 1.54) is 11.8 Å². The maximum Gasteiger partial charge on any atom is 0.270 e. The highest BCUT2D eigenvalue weighted by Crippen LogP contribution is 2.50. The SMILES string of the molecule is C=CCN1C(=O)C2(NN=C(c3ccccc3)S2)c2ccccc21. The molecule has 2 aromatic carbocycles. The minimum Gasteiger partial charge on any atom is -0.305 e. The highest BCUT2D eigenvalue weighted by molar-refractivity contribution is 8.16. The van der Waals surface area contributed by atoms with Crippen LogP contribution in [0.15, 0.2) is 72.4 Å². The fourth-order valence-electron chi connectivity index (χ4n) is 2.96. The van der Waals surface area contributed by atoms with Gasteiger partial charge in [0.2, 0.25) is 4.87 Å². The normalized spacial score (nSPS) is 22.0. The number of nitrogens with one attached hydrogen (secondary N) is 1. The largest absolute Gasteiger partial charge is 0.305 e. The van der Waals surface area contributed by atoms with E-state index in [2.05, 4.69) is 17.1 Å². The summed E-state index contributed by atoms with van der Waals surface area (Å²) in [7, 11) is 0. The van der Waals surface area contributed by atoms with Gasteiger partial charge in [-0.25, -0.2) is 0 Å². The Morgan fingerprint density at radius 3 is 2.70 bits per heavy atom. The summed E-state index contributed by atoms with van der Waals surface area (Å²) in [6.07, 6.45) is 1.74. The summed E-state index contributed by atoms with van der Waals surface area (Å²) in [6.45, 7) is 4.25. The monoisotopic (exact) mass is 321 g/mol. The summed E-state index contributed by atoms with van der Waals surface area (Å²) < 4.78 is 0. The maximum absolute atomic E-state index is 13.1. The minimum absolute atomic E-state index is 0.00159. The molecule has 0 aliphatic carbocycles. The molecule has 2 aromatic rings. The van der Waals surface area contributed by atoms with Crippen LogP contribution in [0.1, 0.15) is 11.1 Å². The van der Waals surface area contributed by atoms with Gasteiger partial charge in [-0.15, -0.1) is 6.58 Å². The van der Waals surface area contributed by atoms with E-state index in [-0.39, 0.29) is 5.91 Å². The molecule has 1 N–H and O–H groups in total. The molecule has 2 aliphatic heterocycles. The lowest BCUT2D eigenvalue weighted by Crippen LogP contribution is -2.44. The Labute approximate surface area is 138 Å². The number of fused-ring (bicyclic) bond motifs is 2. The third-order valence-electron chi connectivity index (χ3n) is 4.02. The summed E-state index contributed by atoms with van der Waals surface area (Å²) in [5.41, 5.74) is 5.98. The van der Waals surface area contributed by atoms with Crippen LogP contribution in [0.5, 0.6) is 0 Å². The van der Waals surface area contributed by atoms with Crippen LogP contribution in [0.3, 0.4) is 0 Å². The van der Waals surface area contributed by atoms with Gasteiger partial charge in [-0.05, 0) is 6.07 Å². The number of para-hydroxylation sites is 1. The second kappa shape index (κ2) is 5.28. The summed E-state index contributed by atoms with van der Waals surface area (Å²) in [5.74, 6) is -0.00159. The Morgan fingerprint density at radius 1 is 1.17 bits per heavy atom. The smallest absolute Gasteiger partial charge is 0.270 e. The number of thioether (sulfide) groups is 1. The lowest BCUT2D eigenvalue weighted by Gasteiger charge is -2.22. The molecule has 0 fully saturated rings. The van der Waals surface area contributed by atoms with Crippen molar-refractivity contribution in [1.29, 1.82) is 0 Å². The molecule has 0 radical (unpaired) electrons. The quantitative estimate of drug-likeness (QED) is 0.884. The first-order valence-electron chi connectivity index (χ1n) is 7.38. The third kappa shape index (κ3) is 2.00. The molecule has 114 valence electrons. The van der Waals surface area contributed by atoms with E-state index in [1.807, 2.05) is 54.6 Å². The molecule has 0 bridgehead atoms. The van der Waals surface area contributed by atoms with E-state index in [4.69, 9.17) is 0 Å². The highest BCUT2D eigenvalue weighted by Gasteiger charge is 2.54. The number of anilines is 1. The van der Waals surface area contributed by atoms with Crippen LogP contribution in [-0.2, 0) is 9.67 Å². The molecule has 1 spiro atoms. The van der Waals surface area contributed by atoms with Gasteiger partial charge in [0.25, 0.3) is 5.91 Å². The first kappa shape index (κ1) is 14.1. The van der Waals surface area contributed by atoms with Crippen molar-refractivity contribution >= 4 is 28.4 Å². The van der Waals surface area contributed by atoms with Gasteiger partial charge >= 0.3 is 0 Å². The van der Waals surface area contributed by atoms with E-state index in [0.29, 0.717) is 6.54 Å². The molecule has 0 saturated heterocycles. The van der Waals surface area contributed by atoms with Gasteiger partial charge in [0.05, 0.1) is 5.69 Å². The molecular weight excluding hydrogens is 306 g/mol. The Kier molecular flexibility index (Phi) is 3.23. The van der Waals surface area contributed by atoms with Crippen LogP contribution >= 0.6 is 11.8 Å². The number of hydrogen-bond donors (Lipinski definition) is 1. The van der Waals surface area contributed by atoms with Crippen molar-refractivity contribution < 1.29 is 4.79 Å². The van der Waals surface area contributed by atoms with Gasteiger partial charge in [0.1, 0.15) is 5.04 Å². The fraction of sp³-hybridized carbons (Fsp3) is 0.111. The van der Waals surface area contributed by atoms with Crippen LogP contribution in [0.25, 0.3) is 0 Å². The van der Waals surface area contributed by atoms with E-state index in [0.717, 1.165) is 21.9 Å². The standard InChI is InChI=1S/C18H15N3OS/c1-2-12-21-15-11-7-6-10-14(15)18(17(21)22)20-19-16(23-18)13-8-4-3-5-9-13/h2-11,20H,1,12H2. The summed E-state index contributed by atoms with van der Waals surface area (Å²) in [6, 6.07) is 17.8. The predicted molar refractivity (Wildman–Crippen MR) is 94.4 cm³/mol. The van der Waals surface area contributed by atoms with E-state index < -0.39 is 4.87 Å². The summed E-state index contributed by atoms with van der Waals surface area (Å²) >= 11 is 1.47. The maximum atomic E-state index is 13.1. The molecule has 2 heterocycles. The molecule has 4 nitrogen and oxygen atoms in total. The average molecular weight is 321 g/mol. The lowest BCUT2D eigenvalue weighted by atomic mass is 10.1. The molecule has 0 saturated carbocycles. The van der Waals surface area contributed by atoms with Gasteiger partial charge in [0, 0.05) is 17.7 Å². The number of hydrogen-bond acceptors (Lipinski definition) is 4. The molecule has 5 heteroatoms. The molecule has 1 atom stereocenters. The van der Waals surface area contributed by atoms with E-state index in [1.54, 1.807) is 11.0 Å². The number of carbonyl (C=O) groups excluding carboxylic acids is 1. The fourth-order valence-corrected chi connectivity index (χ4v) is 4.17. The van der Waals surface area contributed by atoms with E-state index >= 15 is 0 Å². The van der Waals surface area contributed by atoms with Crippen LogP contribution in [0, 0.1) is 0 Å². The van der Waals surface area contributed by atoms with Crippen molar-refractivity contribution in [3.63, 3.8) is 0 Å². The number of benzene rings is 2. The molecule has 1 amide bonds. The average Bonchev–Trinajstić information content (AvgIpc) is 3.14. The number of nitrogens with zero attached hydrogens (tertiary/aromatic N) is 2. The van der Waals surface area contributed by atoms with Crippen molar-refractivity contribution in [2.45, 2.75) is 4.87 Å². The van der Waals surface area contributed by atoms with Gasteiger partial charge in [-0.1, -0.05) is 66.4 Å². The molecule has 4 rings (SSSR count). The first-order chi connectivity index (χ1) is 11.3. The lowest BCUT2D eigenvalue weighted by molar-refractivity contribution is -0.120. The predicted octanol–water partition coefficient (Wildman–Crippen LogP) is 3.07. The molecule has 1 unspecified atom stereocenters. The van der Waals surface area contributed by atoms with Crippen LogP contribution in [0.4, 0.5) is 5.69 Å². The minimum atomic E-state index is -0.870. The van der Waals surface area contributed by atoms with Crippen molar-refractivity contribution in [2.75, 3.05) is 11.4 Å². The number of amides is 1. The van der Waals surface area contributed by atoms with Crippen LogP contribution < -0.4 is 10.3 Å². The first-order valence-corrected chi connectivity index (χ1v) is 8.19. The van der Waals surface area contributed by atoms with Crippen molar-refractivity contribution in [1.82, 2.24) is 5.43 Å². The molecule has 23 heavy (non-hydrogen) atoms. The van der Waals surface area contributed by atoms with Gasteiger partial charge in [-0.2, -0.15) is 5.10 Å². The Bertz CT molecular complexity index is 818. The zero-order valence-electron chi connectivity index (χ0n) is 12.4. The zero-order valence-corrected chi connectivity index (χ0v) is 13.2. The highest BCUT2D eigenvalue weighted by atomic mass is 32.2. The van der Waals surface area contributed by atoms with Gasteiger partial charge < -0.3 is 4.90 Å². The Balaban J connectivity index is 1.76. The molecule has 0 aromatic heterocycles. The Morgan fingerprint density at radius 2 is 1.91 bits per heavy atom. The van der Waals surface area contributed by atoms with Gasteiger partial charge in [-0.3, -0.25) is 10.2 Å². The zero-order chi connectivity index (χ0) is 15.9. The topological polar surface area (TPSA) is 44.7 Å². The number of rotatable bonds is 3. The van der Waals surface area contributed by atoms with Crippen molar-refractivity contribution in [2.24, 2.45) is 5.10 Å². The molecular formula is C18H15N3OS. The third-order valence-corrected chi connectivity index (χ3v) is 5.33. The summed E-state index contributed by atoms with van der Waals surface area (Å²) in [4.78, 5) is 14.0. The van der Waals surface area contributed by atoms with Crippen LogP contribution in [-0.4, -0.2) is 17.5 Å². The molecule has 2 aliphatic rings.